The van der Waals surface area contributed by atoms with E-state index in [2.05, 4.69) is 4.98 Å². The molecule has 0 aliphatic heterocycles. The van der Waals surface area contributed by atoms with Crippen molar-refractivity contribution in [2.24, 2.45) is 0 Å². The topological polar surface area (TPSA) is 30.0 Å². The summed E-state index contributed by atoms with van der Waals surface area (Å²) in [6.45, 7) is 0. The van der Waals surface area contributed by atoms with Gasteiger partial charge in [0.2, 0.25) is 0 Å². The summed E-state index contributed by atoms with van der Waals surface area (Å²) < 4.78 is 24.8. The van der Waals surface area contributed by atoms with Crippen LogP contribution < -0.4 is 0 Å². The number of nitrogens with zero attached hydrogens (tertiary/aromatic N) is 1. The largest absolute Gasteiger partial charge is 0.274 e. The number of pyridine rings is 1. The van der Waals surface area contributed by atoms with Gasteiger partial charge in [0.15, 0.2) is 0 Å². The van der Waals surface area contributed by atoms with Crippen molar-refractivity contribution in [3.05, 3.63) is 29.1 Å². The molecule has 2 nitrogen and oxygen atoms in total. The van der Waals surface area contributed by atoms with Crippen LogP contribution in [0.1, 0.15) is 28.0 Å². The van der Waals surface area contributed by atoms with Gasteiger partial charge in [0.1, 0.15) is 5.69 Å². The lowest BCUT2D eigenvalue weighted by atomic mass is 10.1. The maximum atomic E-state index is 12.4. The third kappa shape index (κ3) is 2.39. The lowest BCUT2D eigenvalue weighted by Crippen LogP contribution is -2.03. The third-order valence-corrected chi connectivity index (χ3v) is 2.04. The molecule has 1 aromatic rings. The van der Waals surface area contributed by atoms with E-state index in [-0.39, 0.29) is 5.88 Å². The number of hydrogen-bond donors (Lipinski definition) is 0. The van der Waals surface area contributed by atoms with Gasteiger partial charge in [-0.05, 0) is 23.2 Å². The summed E-state index contributed by atoms with van der Waals surface area (Å²) in [5, 5.41) is -0.999. The zero-order valence-corrected chi connectivity index (χ0v) is 8.32. The molecule has 0 saturated heterocycles. The van der Waals surface area contributed by atoms with E-state index in [4.69, 9.17) is 23.2 Å². The second-order valence-corrected chi connectivity index (χ2v) is 3.10. The molecule has 1 heterocycles. The van der Waals surface area contributed by atoms with Gasteiger partial charge < -0.3 is 0 Å². The van der Waals surface area contributed by atoms with Crippen molar-refractivity contribution in [2.45, 2.75) is 12.3 Å². The summed E-state index contributed by atoms with van der Waals surface area (Å²) >= 11 is 10.5. The van der Waals surface area contributed by atoms with Gasteiger partial charge in [0.05, 0.1) is 0 Å². The lowest BCUT2D eigenvalue weighted by molar-refractivity contribution is 0.106. The van der Waals surface area contributed by atoms with Gasteiger partial charge in [-0.1, -0.05) is 0 Å². The average Bonchev–Trinajstić information content (AvgIpc) is 2.16. The minimum absolute atomic E-state index is 0.0590. The van der Waals surface area contributed by atoms with Crippen LogP contribution >= 0.6 is 23.2 Å². The summed E-state index contributed by atoms with van der Waals surface area (Å²) in [7, 11) is 0. The number of carbonyl (C=O) groups is 1. The molecule has 1 rings (SSSR count). The molecule has 0 N–H and O–H groups in total. The van der Waals surface area contributed by atoms with Crippen molar-refractivity contribution in [1.82, 2.24) is 4.98 Å². The van der Waals surface area contributed by atoms with Crippen LogP contribution in [-0.2, 0) is 5.88 Å². The van der Waals surface area contributed by atoms with Crippen molar-refractivity contribution in [3.8, 4) is 0 Å². The standard InChI is InChI=1S/C8H5Cl2F2NO/c9-2-4-1-5(8(11)12)6(7(10)14)13-3-4/h1,3,8H,2H2. The average molecular weight is 240 g/mol. The van der Waals surface area contributed by atoms with E-state index in [1.165, 1.54) is 6.20 Å². The van der Waals surface area contributed by atoms with Crippen LogP contribution in [0, 0.1) is 0 Å². The first-order valence-corrected chi connectivity index (χ1v) is 4.50. The highest BCUT2D eigenvalue weighted by Gasteiger charge is 2.18. The Labute approximate surface area is 88.8 Å². The fourth-order valence-electron chi connectivity index (χ4n) is 0.931. The van der Waals surface area contributed by atoms with Crippen molar-refractivity contribution >= 4 is 28.4 Å². The monoisotopic (exact) mass is 239 g/mol. The van der Waals surface area contributed by atoms with Crippen molar-refractivity contribution < 1.29 is 13.6 Å². The molecule has 6 heteroatoms. The number of carbonyl (C=O) groups excluding carboxylic acids is 1. The normalized spacial score (nSPS) is 10.6. The van der Waals surface area contributed by atoms with Gasteiger partial charge in [-0.15, -0.1) is 11.6 Å². The Balaban J connectivity index is 3.24. The zero-order chi connectivity index (χ0) is 10.7. The molecule has 0 amide bonds. The summed E-state index contributed by atoms with van der Waals surface area (Å²) in [6.07, 6.45) is -1.54. The van der Waals surface area contributed by atoms with Crippen LogP contribution in [0.4, 0.5) is 8.78 Å². The molecule has 0 aliphatic rings. The number of hydrogen-bond acceptors (Lipinski definition) is 2. The molecule has 76 valence electrons. The molecule has 1 aromatic heterocycles. The van der Waals surface area contributed by atoms with E-state index in [1.54, 1.807) is 0 Å². The Morgan fingerprint density at radius 3 is 2.64 bits per heavy atom. The maximum absolute atomic E-state index is 12.4. The molecular weight excluding hydrogens is 235 g/mol. The zero-order valence-electron chi connectivity index (χ0n) is 6.81. The fraction of sp³-hybridized carbons (Fsp3) is 0.250. The van der Waals surface area contributed by atoms with Gasteiger partial charge in [-0.3, -0.25) is 9.78 Å². The Hall–Kier alpha value is -0.740. The molecule has 14 heavy (non-hydrogen) atoms. The van der Waals surface area contributed by atoms with Crippen molar-refractivity contribution in [1.29, 1.82) is 0 Å². The van der Waals surface area contributed by atoms with E-state index in [0.717, 1.165) is 6.07 Å². The molecule has 0 atom stereocenters. The first-order chi connectivity index (χ1) is 6.56. The van der Waals surface area contributed by atoms with E-state index >= 15 is 0 Å². The van der Waals surface area contributed by atoms with Crippen LogP contribution in [0.5, 0.6) is 0 Å². The van der Waals surface area contributed by atoms with Crippen LogP contribution in [0.3, 0.4) is 0 Å². The Kier molecular flexibility index (Phi) is 3.77. The summed E-state index contributed by atoms with van der Waals surface area (Å²) in [4.78, 5) is 14.2. The van der Waals surface area contributed by atoms with Crippen molar-refractivity contribution in [2.75, 3.05) is 0 Å². The Morgan fingerprint density at radius 1 is 1.57 bits per heavy atom. The molecule has 0 aliphatic carbocycles. The minimum atomic E-state index is -2.79. The van der Waals surface area contributed by atoms with E-state index < -0.39 is 22.9 Å². The summed E-state index contributed by atoms with van der Waals surface area (Å²) in [5.74, 6) is 0.0590. The molecule has 0 radical (unpaired) electrons. The summed E-state index contributed by atoms with van der Waals surface area (Å²) in [6, 6.07) is 1.13. The quantitative estimate of drug-likeness (QED) is 0.600. The van der Waals surface area contributed by atoms with Gasteiger partial charge in [-0.25, -0.2) is 8.78 Å². The summed E-state index contributed by atoms with van der Waals surface area (Å²) in [5.41, 5.74) is -0.484. The van der Waals surface area contributed by atoms with E-state index in [9.17, 15) is 13.6 Å². The first kappa shape index (κ1) is 11.3. The predicted octanol–water partition coefficient (Wildman–Crippen LogP) is 3.14. The fourth-order valence-corrected chi connectivity index (χ4v) is 1.24. The minimum Gasteiger partial charge on any atom is -0.274 e. The third-order valence-electron chi connectivity index (χ3n) is 1.55. The second-order valence-electron chi connectivity index (χ2n) is 2.49. The van der Waals surface area contributed by atoms with Gasteiger partial charge >= 0.3 is 0 Å². The molecule has 0 fully saturated rings. The maximum Gasteiger partial charge on any atom is 0.271 e. The second kappa shape index (κ2) is 4.66. The number of rotatable bonds is 3. The molecule has 0 saturated carbocycles. The highest BCUT2D eigenvalue weighted by molar-refractivity contribution is 6.67. The Morgan fingerprint density at radius 2 is 2.21 bits per heavy atom. The predicted molar refractivity (Wildman–Crippen MR) is 48.9 cm³/mol. The van der Waals surface area contributed by atoms with Crippen LogP contribution in [0.15, 0.2) is 12.3 Å². The molecule has 0 aromatic carbocycles. The van der Waals surface area contributed by atoms with Crippen LogP contribution in [0.25, 0.3) is 0 Å². The number of alkyl halides is 3. The highest BCUT2D eigenvalue weighted by Crippen LogP contribution is 2.24. The highest BCUT2D eigenvalue weighted by atomic mass is 35.5. The van der Waals surface area contributed by atoms with E-state index in [1.807, 2.05) is 0 Å². The van der Waals surface area contributed by atoms with Crippen molar-refractivity contribution in [3.63, 3.8) is 0 Å². The SMILES string of the molecule is O=C(Cl)c1ncc(CCl)cc1C(F)F. The molecule has 0 bridgehead atoms. The van der Waals surface area contributed by atoms with Crippen LogP contribution in [-0.4, -0.2) is 10.2 Å². The van der Waals surface area contributed by atoms with Crippen LogP contribution in [0.2, 0.25) is 0 Å². The van der Waals surface area contributed by atoms with Gasteiger partial charge in [-0.2, -0.15) is 0 Å². The first-order valence-electron chi connectivity index (χ1n) is 3.59. The number of halogens is 4. The van der Waals surface area contributed by atoms with E-state index in [0.29, 0.717) is 5.56 Å². The molecule has 0 spiro atoms. The molecular formula is C8H5Cl2F2NO. The van der Waals surface area contributed by atoms with Gasteiger partial charge in [0, 0.05) is 17.6 Å². The smallest absolute Gasteiger partial charge is 0.271 e. The lowest BCUT2D eigenvalue weighted by Gasteiger charge is -2.05. The number of aromatic nitrogens is 1. The molecule has 0 unspecified atom stereocenters. The Bertz CT molecular complexity index is 357. The van der Waals surface area contributed by atoms with Gasteiger partial charge in [0.25, 0.3) is 11.7 Å².